The van der Waals surface area contributed by atoms with Gasteiger partial charge in [-0.2, -0.15) is 0 Å². The number of aliphatic carboxylic acids is 1. The summed E-state index contributed by atoms with van der Waals surface area (Å²) in [4.78, 5) is 10.8. The first-order valence-electron chi connectivity index (χ1n) is 5.96. The highest BCUT2D eigenvalue weighted by Gasteiger charge is 2.47. The Bertz CT molecular complexity index is 505. The highest BCUT2D eigenvalue weighted by molar-refractivity contribution is 8.00. The highest BCUT2D eigenvalue weighted by Crippen LogP contribution is 2.49. The lowest BCUT2D eigenvalue weighted by Crippen LogP contribution is -2.42. The predicted molar refractivity (Wildman–Crippen MR) is 70.0 cm³/mol. The number of fused-ring (bicyclic) bond motifs is 2. The van der Waals surface area contributed by atoms with Crippen LogP contribution in [0.5, 0.6) is 5.75 Å². The second-order valence-electron chi connectivity index (χ2n) is 4.70. The molecule has 18 heavy (non-hydrogen) atoms. The first-order chi connectivity index (χ1) is 8.64. The van der Waals surface area contributed by atoms with Crippen molar-refractivity contribution in [1.82, 2.24) is 5.32 Å². The molecule has 1 heterocycles. The quantitative estimate of drug-likeness (QED) is 0.850. The standard InChI is InChI=1S/C13H15NO3S/c1-17-9-3-2-8-4-5-13(10(8)6-9)14-11(7-18-13)12(15)16/h2-3,6,11,14H,4-5,7H2,1H3,(H,15,16)/t11-,13?/m1/s1. The molecular weight excluding hydrogens is 250 g/mol. The van der Waals surface area contributed by atoms with Gasteiger partial charge in [0.15, 0.2) is 0 Å². The molecule has 1 saturated heterocycles. The van der Waals surface area contributed by atoms with Crippen molar-refractivity contribution in [2.24, 2.45) is 0 Å². The van der Waals surface area contributed by atoms with Crippen LogP contribution in [0, 0.1) is 0 Å². The van der Waals surface area contributed by atoms with Crippen LogP contribution in [0.4, 0.5) is 0 Å². The van der Waals surface area contributed by atoms with Gasteiger partial charge in [0.2, 0.25) is 0 Å². The third-order valence-corrected chi connectivity index (χ3v) is 5.24. The Morgan fingerprint density at radius 2 is 2.44 bits per heavy atom. The van der Waals surface area contributed by atoms with Crippen molar-refractivity contribution in [3.05, 3.63) is 29.3 Å². The minimum Gasteiger partial charge on any atom is -0.497 e. The van der Waals surface area contributed by atoms with E-state index in [2.05, 4.69) is 11.4 Å². The van der Waals surface area contributed by atoms with Crippen LogP contribution in [0.25, 0.3) is 0 Å². The number of hydrogen-bond acceptors (Lipinski definition) is 4. The van der Waals surface area contributed by atoms with E-state index in [1.807, 2.05) is 12.1 Å². The summed E-state index contributed by atoms with van der Waals surface area (Å²) in [6.07, 6.45) is 1.94. The zero-order valence-corrected chi connectivity index (χ0v) is 10.9. The first-order valence-corrected chi connectivity index (χ1v) is 6.95. The molecule has 1 aliphatic heterocycles. The molecule has 2 aliphatic rings. The molecule has 2 atom stereocenters. The van der Waals surface area contributed by atoms with E-state index in [9.17, 15) is 4.79 Å². The number of carbonyl (C=O) groups is 1. The molecule has 5 heteroatoms. The van der Waals surface area contributed by atoms with Gasteiger partial charge in [-0.15, -0.1) is 11.8 Å². The second-order valence-corrected chi connectivity index (χ2v) is 6.02. The summed E-state index contributed by atoms with van der Waals surface area (Å²) < 4.78 is 5.26. The molecule has 96 valence electrons. The van der Waals surface area contributed by atoms with Crippen LogP contribution >= 0.6 is 11.8 Å². The molecule has 4 nitrogen and oxygen atoms in total. The van der Waals surface area contributed by atoms with Crippen LogP contribution in [0.15, 0.2) is 18.2 Å². The van der Waals surface area contributed by atoms with Gasteiger partial charge in [0.05, 0.1) is 12.0 Å². The average molecular weight is 265 g/mol. The van der Waals surface area contributed by atoms with Crippen molar-refractivity contribution in [3.63, 3.8) is 0 Å². The molecule has 1 unspecified atom stereocenters. The fraction of sp³-hybridized carbons (Fsp3) is 0.462. The number of methoxy groups -OCH3 is 1. The minimum atomic E-state index is -0.768. The van der Waals surface area contributed by atoms with Crippen LogP contribution in [0.2, 0.25) is 0 Å². The Kier molecular flexibility index (Phi) is 2.75. The molecule has 0 radical (unpaired) electrons. The minimum absolute atomic E-state index is 0.229. The van der Waals surface area contributed by atoms with Crippen molar-refractivity contribution in [1.29, 1.82) is 0 Å². The number of nitrogens with one attached hydrogen (secondary N) is 1. The molecule has 0 saturated carbocycles. The molecule has 0 bridgehead atoms. The molecular formula is C13H15NO3S. The van der Waals surface area contributed by atoms with E-state index < -0.39 is 12.0 Å². The number of carboxylic acid groups (broad SMARTS) is 1. The summed E-state index contributed by atoms with van der Waals surface area (Å²) in [7, 11) is 1.65. The molecule has 0 amide bonds. The van der Waals surface area contributed by atoms with E-state index in [1.54, 1.807) is 18.9 Å². The van der Waals surface area contributed by atoms with E-state index >= 15 is 0 Å². The largest absolute Gasteiger partial charge is 0.497 e. The summed E-state index contributed by atoms with van der Waals surface area (Å²) in [5.74, 6) is 0.679. The van der Waals surface area contributed by atoms with Crippen LogP contribution in [-0.2, 0) is 16.1 Å². The Hall–Kier alpha value is -1.20. The van der Waals surface area contributed by atoms with Gasteiger partial charge in [0, 0.05) is 5.75 Å². The Balaban J connectivity index is 1.96. The van der Waals surface area contributed by atoms with Crippen molar-refractivity contribution < 1.29 is 14.6 Å². The maximum absolute atomic E-state index is 11.1. The lowest BCUT2D eigenvalue weighted by atomic mass is 10.1. The van der Waals surface area contributed by atoms with Crippen LogP contribution in [0.1, 0.15) is 17.5 Å². The van der Waals surface area contributed by atoms with Gasteiger partial charge in [-0.1, -0.05) is 6.07 Å². The summed E-state index contributed by atoms with van der Waals surface area (Å²) in [6.45, 7) is 0. The molecule has 1 aromatic carbocycles. The maximum atomic E-state index is 11.1. The zero-order valence-electron chi connectivity index (χ0n) is 10.1. The number of aryl methyl sites for hydroxylation is 1. The van der Waals surface area contributed by atoms with Gasteiger partial charge in [-0.05, 0) is 36.1 Å². The molecule has 2 N–H and O–H groups in total. The molecule has 1 aromatic rings. The number of carboxylic acids is 1. The van der Waals surface area contributed by atoms with Crippen LogP contribution in [0.3, 0.4) is 0 Å². The van der Waals surface area contributed by atoms with E-state index in [1.165, 1.54) is 11.1 Å². The Labute approximate surface area is 110 Å². The normalized spacial score (nSPS) is 29.5. The molecule has 1 spiro atoms. The lowest BCUT2D eigenvalue weighted by Gasteiger charge is -2.25. The topological polar surface area (TPSA) is 58.6 Å². The first kappa shape index (κ1) is 11.9. The predicted octanol–water partition coefficient (Wildman–Crippen LogP) is 1.58. The van der Waals surface area contributed by atoms with Crippen molar-refractivity contribution in [2.75, 3.05) is 12.9 Å². The maximum Gasteiger partial charge on any atom is 0.321 e. The van der Waals surface area contributed by atoms with Crippen molar-refractivity contribution in [3.8, 4) is 5.75 Å². The summed E-state index contributed by atoms with van der Waals surface area (Å²) >= 11 is 1.70. The highest BCUT2D eigenvalue weighted by atomic mass is 32.2. The van der Waals surface area contributed by atoms with E-state index in [0.29, 0.717) is 5.75 Å². The van der Waals surface area contributed by atoms with Gasteiger partial charge < -0.3 is 9.84 Å². The molecule has 3 rings (SSSR count). The Morgan fingerprint density at radius 1 is 1.61 bits per heavy atom. The SMILES string of the molecule is COc1ccc2c(c1)C1(CC2)N[C@@H](C(=O)O)CS1. The monoisotopic (exact) mass is 265 g/mol. The number of thioether (sulfide) groups is 1. The van der Waals surface area contributed by atoms with Gasteiger partial charge >= 0.3 is 5.97 Å². The van der Waals surface area contributed by atoms with E-state index in [4.69, 9.17) is 9.84 Å². The van der Waals surface area contributed by atoms with Crippen LogP contribution < -0.4 is 10.1 Å². The Morgan fingerprint density at radius 3 is 3.11 bits per heavy atom. The lowest BCUT2D eigenvalue weighted by molar-refractivity contribution is -0.138. The summed E-state index contributed by atoms with van der Waals surface area (Å²) in [6, 6.07) is 5.63. The van der Waals surface area contributed by atoms with E-state index in [-0.39, 0.29) is 4.87 Å². The van der Waals surface area contributed by atoms with Gasteiger partial charge in [-0.25, -0.2) is 0 Å². The number of benzene rings is 1. The van der Waals surface area contributed by atoms with E-state index in [0.717, 1.165) is 18.6 Å². The molecule has 0 aromatic heterocycles. The van der Waals surface area contributed by atoms with Gasteiger partial charge in [0.25, 0.3) is 0 Å². The fourth-order valence-corrected chi connectivity index (χ4v) is 4.24. The van der Waals surface area contributed by atoms with Gasteiger partial charge in [0.1, 0.15) is 11.8 Å². The van der Waals surface area contributed by atoms with Gasteiger partial charge in [-0.3, -0.25) is 10.1 Å². The molecule has 1 fully saturated rings. The second kappa shape index (κ2) is 4.17. The smallest absolute Gasteiger partial charge is 0.321 e. The molecule has 1 aliphatic carbocycles. The number of rotatable bonds is 2. The third kappa shape index (κ3) is 1.69. The number of hydrogen-bond donors (Lipinski definition) is 2. The zero-order chi connectivity index (χ0) is 12.8. The van der Waals surface area contributed by atoms with Crippen LogP contribution in [-0.4, -0.2) is 30.0 Å². The summed E-state index contributed by atoms with van der Waals surface area (Å²) in [5, 5.41) is 12.4. The fourth-order valence-electron chi connectivity index (χ4n) is 2.75. The number of ether oxygens (including phenoxy) is 1. The van der Waals surface area contributed by atoms with Crippen molar-refractivity contribution >= 4 is 17.7 Å². The average Bonchev–Trinajstić information content (AvgIpc) is 2.96. The third-order valence-electron chi connectivity index (χ3n) is 3.70. The van der Waals surface area contributed by atoms with Crippen molar-refractivity contribution in [2.45, 2.75) is 23.8 Å². The summed E-state index contributed by atoms with van der Waals surface area (Å²) in [5.41, 5.74) is 2.48.